The first kappa shape index (κ1) is 13.4. The third-order valence-electron chi connectivity index (χ3n) is 3.15. The molecule has 0 saturated heterocycles. The normalized spacial score (nSPS) is 12.6. The van der Waals surface area contributed by atoms with Crippen molar-refractivity contribution in [3.63, 3.8) is 0 Å². The van der Waals surface area contributed by atoms with Gasteiger partial charge in [0.15, 0.2) is 0 Å². The number of hydrogen-bond donors (Lipinski definition) is 1. The molecule has 0 bridgehead atoms. The Hall–Kier alpha value is -2.01. The molecule has 2 aromatic rings. The molecule has 0 radical (unpaired) electrons. The Morgan fingerprint density at radius 3 is 2.63 bits per heavy atom. The summed E-state index contributed by atoms with van der Waals surface area (Å²) < 4.78 is 13.7. The molecule has 0 aliphatic carbocycles. The number of halogens is 1. The van der Waals surface area contributed by atoms with Gasteiger partial charge in [-0.1, -0.05) is 18.2 Å². The molecule has 1 atom stereocenters. The number of nitrogens with zero attached hydrogens (tertiary/aromatic N) is 3. The van der Waals surface area contributed by atoms with E-state index in [-0.39, 0.29) is 11.9 Å². The fourth-order valence-electron chi connectivity index (χ4n) is 1.89. The minimum atomic E-state index is -0.190. The molecule has 19 heavy (non-hydrogen) atoms. The second kappa shape index (κ2) is 5.75. The minimum absolute atomic E-state index is 0.0412. The summed E-state index contributed by atoms with van der Waals surface area (Å²) in [6.07, 6.45) is 3.16. The van der Waals surface area contributed by atoms with Crippen LogP contribution in [0, 0.1) is 5.82 Å². The summed E-state index contributed by atoms with van der Waals surface area (Å²) >= 11 is 0. The van der Waals surface area contributed by atoms with Crippen molar-refractivity contribution in [3.05, 3.63) is 53.7 Å². The van der Waals surface area contributed by atoms with Crippen LogP contribution in [-0.2, 0) is 6.54 Å². The number of hydrogen-bond acceptors (Lipinski definition) is 4. The third kappa shape index (κ3) is 3.26. The highest BCUT2D eigenvalue weighted by Gasteiger charge is 2.15. The summed E-state index contributed by atoms with van der Waals surface area (Å²) in [7, 11) is 1.93. The van der Waals surface area contributed by atoms with Crippen molar-refractivity contribution in [2.45, 2.75) is 19.5 Å². The highest BCUT2D eigenvalue weighted by atomic mass is 19.1. The average molecular weight is 260 g/mol. The molecule has 2 rings (SSSR count). The second-order valence-corrected chi connectivity index (χ2v) is 4.55. The number of rotatable bonds is 4. The molecule has 2 N–H and O–H groups in total. The van der Waals surface area contributed by atoms with Crippen LogP contribution in [0.15, 0.2) is 36.7 Å². The van der Waals surface area contributed by atoms with E-state index in [1.807, 2.05) is 24.9 Å². The predicted octanol–water partition coefficient (Wildman–Crippen LogP) is 2.39. The summed E-state index contributed by atoms with van der Waals surface area (Å²) in [6, 6.07) is 6.76. The molecule has 0 aliphatic heterocycles. The van der Waals surface area contributed by atoms with Crippen LogP contribution in [0.5, 0.6) is 0 Å². The Bertz CT molecular complexity index is 541. The van der Waals surface area contributed by atoms with Gasteiger partial charge >= 0.3 is 0 Å². The maximum Gasteiger partial charge on any atom is 0.141 e. The number of anilines is 1. The van der Waals surface area contributed by atoms with Crippen molar-refractivity contribution >= 4 is 5.82 Å². The lowest BCUT2D eigenvalue weighted by Gasteiger charge is -2.24. The smallest absolute Gasteiger partial charge is 0.141 e. The number of benzene rings is 1. The van der Waals surface area contributed by atoms with Gasteiger partial charge in [0.25, 0.3) is 0 Å². The summed E-state index contributed by atoms with van der Waals surface area (Å²) in [4.78, 5) is 10.2. The second-order valence-electron chi connectivity index (χ2n) is 4.55. The summed E-state index contributed by atoms with van der Waals surface area (Å²) in [5, 5.41) is 0. The molecule has 0 spiro atoms. The molecule has 5 heteroatoms. The first-order valence-corrected chi connectivity index (χ1v) is 6.09. The van der Waals surface area contributed by atoms with Crippen LogP contribution in [0.4, 0.5) is 10.2 Å². The standard InChI is InChI=1S/C14H17FN4/c1-10(12-5-3-4-6-13(12)15)19(2)9-11-7-18-14(16)8-17-11/h3-8,10H,9H2,1-2H3,(H2,16,18). The van der Waals surface area contributed by atoms with Gasteiger partial charge in [0.05, 0.1) is 18.1 Å². The molecule has 1 aromatic heterocycles. The molecule has 0 saturated carbocycles. The van der Waals surface area contributed by atoms with Crippen molar-refractivity contribution < 1.29 is 4.39 Å². The van der Waals surface area contributed by atoms with Gasteiger partial charge in [0.1, 0.15) is 11.6 Å². The van der Waals surface area contributed by atoms with Crippen LogP contribution in [0.3, 0.4) is 0 Å². The molecule has 1 unspecified atom stereocenters. The number of nitrogen functional groups attached to an aromatic ring is 1. The van der Waals surface area contributed by atoms with Crippen molar-refractivity contribution in [1.29, 1.82) is 0 Å². The van der Waals surface area contributed by atoms with Gasteiger partial charge in [0.2, 0.25) is 0 Å². The fourth-order valence-corrected chi connectivity index (χ4v) is 1.89. The van der Waals surface area contributed by atoms with Gasteiger partial charge in [-0.15, -0.1) is 0 Å². The zero-order valence-electron chi connectivity index (χ0n) is 11.0. The van der Waals surface area contributed by atoms with Crippen LogP contribution < -0.4 is 5.73 Å². The summed E-state index contributed by atoms with van der Waals surface area (Å²) in [5.74, 6) is 0.207. The molecule has 0 fully saturated rings. The Balaban J connectivity index is 2.09. The molecule has 4 nitrogen and oxygen atoms in total. The van der Waals surface area contributed by atoms with Gasteiger partial charge in [-0.25, -0.2) is 9.37 Å². The molecular formula is C14H17FN4. The van der Waals surface area contributed by atoms with E-state index in [4.69, 9.17) is 5.73 Å². The lowest BCUT2D eigenvalue weighted by Crippen LogP contribution is -2.23. The fraction of sp³-hybridized carbons (Fsp3) is 0.286. The van der Waals surface area contributed by atoms with Crippen LogP contribution in [0.2, 0.25) is 0 Å². The van der Waals surface area contributed by atoms with Crippen LogP contribution in [-0.4, -0.2) is 21.9 Å². The zero-order valence-corrected chi connectivity index (χ0v) is 11.0. The SMILES string of the molecule is CC(c1ccccc1F)N(C)Cc1cnc(N)cn1. The highest BCUT2D eigenvalue weighted by Crippen LogP contribution is 2.22. The summed E-state index contributed by atoms with van der Waals surface area (Å²) in [5.41, 5.74) is 6.97. The van der Waals surface area contributed by atoms with E-state index in [0.717, 1.165) is 5.69 Å². The van der Waals surface area contributed by atoms with Gasteiger partial charge in [-0.2, -0.15) is 0 Å². The average Bonchev–Trinajstić information content (AvgIpc) is 2.41. The first-order valence-electron chi connectivity index (χ1n) is 6.09. The Labute approximate surface area is 112 Å². The topological polar surface area (TPSA) is 55.0 Å². The number of nitrogens with two attached hydrogens (primary N) is 1. The van der Waals surface area contributed by atoms with Gasteiger partial charge in [0, 0.05) is 18.2 Å². The molecular weight excluding hydrogens is 243 g/mol. The van der Waals surface area contributed by atoms with E-state index in [1.165, 1.54) is 12.3 Å². The zero-order chi connectivity index (χ0) is 13.8. The Morgan fingerprint density at radius 1 is 1.26 bits per heavy atom. The maximum atomic E-state index is 13.7. The van der Waals surface area contributed by atoms with Crippen LogP contribution >= 0.6 is 0 Å². The Kier molecular flexibility index (Phi) is 4.06. The van der Waals surface area contributed by atoms with Crippen molar-refractivity contribution in [2.75, 3.05) is 12.8 Å². The van der Waals surface area contributed by atoms with E-state index in [1.54, 1.807) is 18.3 Å². The quantitative estimate of drug-likeness (QED) is 0.917. The monoisotopic (exact) mass is 260 g/mol. The molecule has 0 amide bonds. The van der Waals surface area contributed by atoms with Crippen LogP contribution in [0.25, 0.3) is 0 Å². The van der Waals surface area contributed by atoms with E-state index in [0.29, 0.717) is 17.9 Å². The van der Waals surface area contributed by atoms with Gasteiger partial charge in [-0.05, 0) is 20.0 Å². The lowest BCUT2D eigenvalue weighted by atomic mass is 10.1. The van der Waals surface area contributed by atoms with Crippen molar-refractivity contribution in [2.24, 2.45) is 0 Å². The Morgan fingerprint density at radius 2 is 2.00 bits per heavy atom. The molecule has 1 heterocycles. The summed E-state index contributed by atoms with van der Waals surface area (Å²) in [6.45, 7) is 2.55. The third-order valence-corrected chi connectivity index (χ3v) is 3.15. The van der Waals surface area contributed by atoms with Crippen molar-refractivity contribution in [3.8, 4) is 0 Å². The molecule has 100 valence electrons. The highest BCUT2D eigenvalue weighted by molar-refractivity contribution is 5.23. The van der Waals surface area contributed by atoms with E-state index in [2.05, 4.69) is 9.97 Å². The van der Waals surface area contributed by atoms with Gasteiger partial charge in [-0.3, -0.25) is 9.88 Å². The molecule has 0 aliphatic rings. The first-order chi connectivity index (χ1) is 9.08. The predicted molar refractivity (Wildman–Crippen MR) is 72.7 cm³/mol. The number of aromatic nitrogens is 2. The van der Waals surface area contributed by atoms with Crippen LogP contribution in [0.1, 0.15) is 24.2 Å². The largest absolute Gasteiger partial charge is 0.382 e. The van der Waals surface area contributed by atoms with Crippen molar-refractivity contribution in [1.82, 2.24) is 14.9 Å². The van der Waals surface area contributed by atoms with E-state index < -0.39 is 0 Å². The van der Waals surface area contributed by atoms with E-state index >= 15 is 0 Å². The minimum Gasteiger partial charge on any atom is -0.382 e. The van der Waals surface area contributed by atoms with E-state index in [9.17, 15) is 4.39 Å². The molecule has 1 aromatic carbocycles. The van der Waals surface area contributed by atoms with Gasteiger partial charge < -0.3 is 5.73 Å². The maximum absolute atomic E-state index is 13.7. The lowest BCUT2D eigenvalue weighted by molar-refractivity contribution is 0.245.